The van der Waals surface area contributed by atoms with Gasteiger partial charge in [0.1, 0.15) is 17.1 Å². The fraction of sp³-hybridized carbons (Fsp3) is 0.500. The van der Waals surface area contributed by atoms with Crippen molar-refractivity contribution in [2.24, 2.45) is 0 Å². The molecule has 3 N–H and O–H groups in total. The predicted octanol–water partition coefficient (Wildman–Crippen LogP) is 1.61. The Morgan fingerprint density at radius 3 is 2.77 bits per heavy atom. The number of rotatable bonds is 3. The van der Waals surface area contributed by atoms with E-state index in [2.05, 4.69) is 27.2 Å². The number of aromatic amines is 1. The second-order valence-corrected chi connectivity index (χ2v) is 6.03. The molecule has 0 fully saturated rings. The molecule has 0 atom stereocenters. The molecule has 1 aromatic rings. The Morgan fingerprint density at radius 1 is 1.45 bits per heavy atom. The van der Waals surface area contributed by atoms with Crippen LogP contribution in [0.4, 0.5) is 15.4 Å². The topological polar surface area (TPSA) is 99.4 Å². The lowest BCUT2D eigenvalue weighted by Gasteiger charge is -2.23. The van der Waals surface area contributed by atoms with E-state index in [0.717, 1.165) is 0 Å². The number of alkyl carbamates (subject to hydrolysis) is 1. The third kappa shape index (κ3) is 3.57. The zero-order chi connectivity index (χ0) is 16.5. The summed E-state index contributed by atoms with van der Waals surface area (Å²) in [6.07, 6.45) is 0.0175. The fourth-order valence-corrected chi connectivity index (χ4v) is 1.95. The molecule has 8 nitrogen and oxygen atoms in total. The highest BCUT2D eigenvalue weighted by molar-refractivity contribution is 6.02. The Morgan fingerprint density at radius 2 is 2.14 bits per heavy atom. The van der Waals surface area contributed by atoms with Crippen molar-refractivity contribution in [2.45, 2.75) is 32.8 Å². The lowest BCUT2D eigenvalue weighted by Crippen LogP contribution is -2.40. The molecular weight excluding hydrogens is 286 g/mol. The largest absolute Gasteiger partial charge is 0.444 e. The predicted molar refractivity (Wildman–Crippen MR) is 82.5 cm³/mol. The van der Waals surface area contributed by atoms with Crippen LogP contribution >= 0.6 is 0 Å². The second-order valence-electron chi connectivity index (χ2n) is 6.03. The van der Waals surface area contributed by atoms with Crippen molar-refractivity contribution in [3.05, 3.63) is 18.1 Å². The van der Waals surface area contributed by atoms with Crippen LogP contribution in [0.15, 0.2) is 6.58 Å². The van der Waals surface area contributed by atoms with Crippen LogP contribution in [0.2, 0.25) is 0 Å². The number of hydrogen-bond acceptors (Lipinski definition) is 4. The normalized spacial score (nSPS) is 14.5. The Hall–Kier alpha value is -2.51. The number of imidazole rings is 1. The van der Waals surface area contributed by atoms with Gasteiger partial charge in [-0.05, 0) is 20.8 Å². The lowest BCUT2D eigenvalue weighted by molar-refractivity contribution is 0.0528. The van der Waals surface area contributed by atoms with Crippen molar-refractivity contribution in [2.75, 3.05) is 18.5 Å². The van der Waals surface area contributed by atoms with E-state index in [4.69, 9.17) is 4.74 Å². The molecule has 0 aromatic carbocycles. The van der Waals surface area contributed by atoms with Crippen molar-refractivity contribution in [3.63, 3.8) is 0 Å². The molecule has 0 radical (unpaired) electrons. The van der Waals surface area contributed by atoms with Crippen LogP contribution in [0, 0.1) is 0 Å². The number of H-pyrrole nitrogens is 1. The summed E-state index contributed by atoms with van der Waals surface area (Å²) in [5, 5.41) is 5.29. The average Bonchev–Trinajstić information content (AvgIpc) is 2.79. The molecule has 120 valence electrons. The molecule has 0 saturated heterocycles. The van der Waals surface area contributed by atoms with Gasteiger partial charge in [-0.15, -0.1) is 0 Å². The number of carbonyl (C=O) groups excluding carboxylic acids is 2. The zero-order valence-corrected chi connectivity index (χ0v) is 13.2. The van der Waals surface area contributed by atoms with Crippen molar-refractivity contribution in [1.29, 1.82) is 0 Å². The molecule has 0 spiro atoms. The van der Waals surface area contributed by atoms with Gasteiger partial charge in [0.25, 0.3) is 0 Å². The van der Waals surface area contributed by atoms with Gasteiger partial charge in [-0.25, -0.2) is 14.6 Å². The average molecular weight is 307 g/mol. The van der Waals surface area contributed by atoms with Gasteiger partial charge in [0.05, 0.1) is 5.70 Å². The van der Waals surface area contributed by atoms with Gasteiger partial charge in [-0.1, -0.05) is 6.58 Å². The second kappa shape index (κ2) is 5.70. The number of hydrogen-bond donors (Lipinski definition) is 3. The Balaban J connectivity index is 1.94. The number of aromatic nitrogens is 2. The molecule has 0 unspecified atom stereocenters. The van der Waals surface area contributed by atoms with E-state index < -0.39 is 11.7 Å². The van der Waals surface area contributed by atoms with E-state index in [-0.39, 0.29) is 6.03 Å². The van der Waals surface area contributed by atoms with Crippen molar-refractivity contribution < 1.29 is 14.3 Å². The molecule has 3 amide bonds. The molecule has 22 heavy (non-hydrogen) atoms. The van der Waals surface area contributed by atoms with Gasteiger partial charge >= 0.3 is 12.1 Å². The van der Waals surface area contributed by atoms with Gasteiger partial charge in [-0.2, -0.15) is 0 Å². The third-order valence-corrected chi connectivity index (χ3v) is 2.95. The Kier molecular flexibility index (Phi) is 4.11. The summed E-state index contributed by atoms with van der Waals surface area (Å²) in [6.45, 7) is 9.57. The first-order valence-corrected chi connectivity index (χ1v) is 6.97. The maximum atomic E-state index is 11.6. The number of urea groups is 1. The number of anilines is 1. The quantitative estimate of drug-likeness (QED) is 0.790. The first-order valence-electron chi connectivity index (χ1n) is 6.97. The molecular formula is C14H21N5O3. The number of nitrogens with one attached hydrogen (secondary N) is 3. The molecule has 0 bridgehead atoms. The summed E-state index contributed by atoms with van der Waals surface area (Å²) in [7, 11) is 1.63. The number of amides is 3. The Bertz CT molecular complexity index is 614. The minimum absolute atomic E-state index is 0.276. The van der Waals surface area contributed by atoms with Gasteiger partial charge in [0.15, 0.2) is 5.82 Å². The zero-order valence-electron chi connectivity index (χ0n) is 13.2. The van der Waals surface area contributed by atoms with E-state index in [1.165, 1.54) is 4.90 Å². The lowest BCUT2D eigenvalue weighted by atomic mass is 10.2. The molecule has 1 aliphatic rings. The van der Waals surface area contributed by atoms with Crippen LogP contribution in [0.1, 0.15) is 32.3 Å². The maximum Gasteiger partial charge on any atom is 0.407 e. The van der Waals surface area contributed by atoms with Crippen LogP contribution in [-0.4, -0.2) is 41.3 Å². The highest BCUT2D eigenvalue weighted by Gasteiger charge is 2.27. The summed E-state index contributed by atoms with van der Waals surface area (Å²) in [5.41, 5.74) is 0.631. The molecule has 8 heteroatoms. The van der Waals surface area contributed by atoms with Crippen LogP contribution in [0.3, 0.4) is 0 Å². The van der Waals surface area contributed by atoms with E-state index in [1.807, 2.05) is 0 Å². The SMILES string of the molecule is C=C1NC(=O)N(C)c2nc(CCNC(=O)OC(C)(C)C)[nH]c21. The number of carbonyl (C=O) groups is 2. The minimum atomic E-state index is -0.527. The molecule has 0 aliphatic carbocycles. The van der Waals surface area contributed by atoms with Crippen LogP contribution in [0.5, 0.6) is 0 Å². The fourth-order valence-electron chi connectivity index (χ4n) is 1.95. The monoisotopic (exact) mass is 307 g/mol. The van der Waals surface area contributed by atoms with E-state index >= 15 is 0 Å². The van der Waals surface area contributed by atoms with Crippen molar-refractivity contribution in [3.8, 4) is 0 Å². The van der Waals surface area contributed by atoms with Gasteiger partial charge < -0.3 is 20.4 Å². The summed E-state index contributed by atoms with van der Waals surface area (Å²) < 4.78 is 5.15. The van der Waals surface area contributed by atoms with Crippen molar-refractivity contribution >= 4 is 23.6 Å². The number of fused-ring (bicyclic) bond motifs is 1. The van der Waals surface area contributed by atoms with E-state index in [0.29, 0.717) is 36.0 Å². The van der Waals surface area contributed by atoms with Crippen LogP contribution in [0.25, 0.3) is 5.70 Å². The van der Waals surface area contributed by atoms with Gasteiger partial charge in [-0.3, -0.25) is 4.90 Å². The first-order chi connectivity index (χ1) is 10.2. The highest BCUT2D eigenvalue weighted by atomic mass is 16.6. The smallest absolute Gasteiger partial charge is 0.407 e. The number of ether oxygens (including phenoxy) is 1. The summed E-state index contributed by atoms with van der Waals surface area (Å²) >= 11 is 0. The standard InChI is InChI=1S/C14H21N5O3/c1-8-10-11(19(5)12(20)16-8)18-9(17-10)6-7-15-13(21)22-14(2,3)4/h1,6-7H2,2-5H3,(H,15,21)(H,16,20)(H,17,18). The molecule has 0 saturated carbocycles. The van der Waals surface area contributed by atoms with Gasteiger partial charge in [0, 0.05) is 20.0 Å². The van der Waals surface area contributed by atoms with Gasteiger partial charge in [0.2, 0.25) is 0 Å². The van der Waals surface area contributed by atoms with Crippen LogP contribution in [-0.2, 0) is 11.2 Å². The van der Waals surface area contributed by atoms with E-state index in [1.54, 1.807) is 27.8 Å². The Labute approximate surface area is 128 Å². The summed E-state index contributed by atoms with van der Waals surface area (Å²) in [4.78, 5) is 32.1. The maximum absolute atomic E-state index is 11.6. The minimum Gasteiger partial charge on any atom is -0.444 e. The molecule has 2 heterocycles. The third-order valence-electron chi connectivity index (χ3n) is 2.95. The molecule has 1 aliphatic heterocycles. The van der Waals surface area contributed by atoms with Crippen LogP contribution < -0.4 is 15.5 Å². The molecule has 1 aromatic heterocycles. The highest BCUT2D eigenvalue weighted by Crippen LogP contribution is 2.26. The van der Waals surface area contributed by atoms with Crippen molar-refractivity contribution in [1.82, 2.24) is 20.6 Å². The summed E-state index contributed by atoms with van der Waals surface area (Å²) in [5.74, 6) is 1.19. The first kappa shape index (κ1) is 15.9. The summed E-state index contributed by atoms with van der Waals surface area (Å²) in [6, 6.07) is -0.276. The number of nitrogens with zero attached hydrogens (tertiary/aromatic N) is 2. The molecule has 2 rings (SSSR count). The van der Waals surface area contributed by atoms with E-state index in [9.17, 15) is 9.59 Å².